The lowest BCUT2D eigenvalue weighted by Gasteiger charge is -2.21. The average molecular weight is 314 g/mol. The Hall–Kier alpha value is 0.390. The highest BCUT2D eigenvalue weighted by Crippen LogP contribution is 2.03. The molecular weight excluding hydrogens is 290 g/mol. The average Bonchev–Trinajstić information content (AvgIpc) is 2.22. The van der Waals surface area contributed by atoms with Crippen molar-refractivity contribution in [3.8, 4) is 0 Å². The van der Waals surface area contributed by atoms with E-state index in [1.54, 1.807) is 13.8 Å². The molecule has 0 bridgehead atoms. The zero-order valence-corrected chi connectivity index (χ0v) is 13.0. The fourth-order valence-electron chi connectivity index (χ4n) is 1.33. The molecule has 0 amide bonds. The molecule has 3 nitrogen and oxygen atoms in total. The first kappa shape index (κ1) is 16.4. The van der Waals surface area contributed by atoms with Crippen molar-refractivity contribution in [2.75, 3.05) is 30.7 Å². The van der Waals surface area contributed by atoms with Gasteiger partial charge in [0, 0.05) is 18.4 Å². The molecule has 0 aliphatic rings. The number of unbranched alkanes of at least 4 members (excludes halogenated alkanes) is 1. The lowest BCUT2D eigenvalue weighted by atomic mass is 10.3. The maximum absolute atomic E-state index is 11.7. The molecule has 0 unspecified atom stereocenters. The van der Waals surface area contributed by atoms with Gasteiger partial charge in [-0.1, -0.05) is 29.3 Å². The Labute approximate surface area is 109 Å². The third-order valence-electron chi connectivity index (χ3n) is 2.64. The minimum absolute atomic E-state index is 0.260. The van der Waals surface area contributed by atoms with Crippen LogP contribution in [0.1, 0.15) is 33.6 Å². The summed E-state index contributed by atoms with van der Waals surface area (Å²) in [5.41, 5.74) is 0. The van der Waals surface area contributed by atoms with E-state index in [2.05, 4.69) is 27.8 Å². The van der Waals surface area contributed by atoms with Gasteiger partial charge in [0.05, 0.1) is 11.0 Å². The van der Waals surface area contributed by atoms with Gasteiger partial charge < -0.3 is 4.90 Å². The van der Waals surface area contributed by atoms with E-state index in [0.717, 1.165) is 31.3 Å². The molecule has 5 heteroatoms. The Morgan fingerprint density at radius 1 is 1.19 bits per heavy atom. The van der Waals surface area contributed by atoms with Crippen molar-refractivity contribution >= 4 is 25.8 Å². The Morgan fingerprint density at radius 3 is 2.25 bits per heavy atom. The predicted molar refractivity (Wildman–Crippen MR) is 74.1 cm³/mol. The maximum atomic E-state index is 11.7. The summed E-state index contributed by atoms with van der Waals surface area (Å²) >= 11 is 3.40. The van der Waals surface area contributed by atoms with Gasteiger partial charge in [0.15, 0.2) is 9.84 Å². The van der Waals surface area contributed by atoms with E-state index >= 15 is 0 Å². The minimum atomic E-state index is -2.89. The second kappa shape index (κ2) is 8.48. The highest BCUT2D eigenvalue weighted by atomic mass is 79.9. The number of rotatable bonds is 9. The van der Waals surface area contributed by atoms with Crippen molar-refractivity contribution < 1.29 is 8.42 Å². The molecule has 0 N–H and O–H groups in total. The van der Waals surface area contributed by atoms with Gasteiger partial charge in [-0.15, -0.1) is 0 Å². The zero-order valence-electron chi connectivity index (χ0n) is 10.6. The van der Waals surface area contributed by atoms with E-state index in [-0.39, 0.29) is 11.0 Å². The Bertz CT molecular complexity index is 265. The van der Waals surface area contributed by atoms with Gasteiger partial charge in [-0.3, -0.25) is 0 Å². The largest absolute Gasteiger partial charge is 0.301 e. The lowest BCUT2D eigenvalue weighted by Crippen LogP contribution is -2.33. The molecule has 0 atom stereocenters. The summed E-state index contributed by atoms with van der Waals surface area (Å²) in [6.45, 7) is 8.22. The van der Waals surface area contributed by atoms with E-state index in [9.17, 15) is 8.42 Å². The number of halogens is 1. The molecule has 0 aromatic carbocycles. The van der Waals surface area contributed by atoms with E-state index in [1.165, 1.54) is 0 Å². The van der Waals surface area contributed by atoms with Gasteiger partial charge in [-0.05, 0) is 26.8 Å². The van der Waals surface area contributed by atoms with E-state index < -0.39 is 9.84 Å². The van der Waals surface area contributed by atoms with Crippen LogP contribution in [0.25, 0.3) is 0 Å². The van der Waals surface area contributed by atoms with Gasteiger partial charge >= 0.3 is 0 Å². The molecule has 0 rings (SSSR count). The molecule has 0 heterocycles. The second-order valence-corrected chi connectivity index (χ2v) is 7.77. The van der Waals surface area contributed by atoms with Crippen molar-refractivity contribution in [3.63, 3.8) is 0 Å². The minimum Gasteiger partial charge on any atom is -0.301 e. The molecule has 0 fully saturated rings. The van der Waals surface area contributed by atoms with E-state index in [4.69, 9.17) is 0 Å². The monoisotopic (exact) mass is 313 g/mol. The number of hydrogen-bond acceptors (Lipinski definition) is 3. The number of nitrogens with zero attached hydrogens (tertiary/aromatic N) is 1. The first-order valence-electron chi connectivity index (χ1n) is 5.94. The first-order chi connectivity index (χ1) is 7.44. The van der Waals surface area contributed by atoms with Crippen LogP contribution in [0, 0.1) is 0 Å². The summed E-state index contributed by atoms with van der Waals surface area (Å²) in [5, 5.41) is 0.642. The van der Waals surface area contributed by atoms with Crippen LogP contribution in [-0.2, 0) is 9.84 Å². The van der Waals surface area contributed by atoms with Gasteiger partial charge in [0.1, 0.15) is 0 Å². The molecular formula is C11H24BrNO2S. The second-order valence-electron chi connectivity index (χ2n) is 4.30. The summed E-state index contributed by atoms with van der Waals surface area (Å²) in [5.74, 6) is 0.279. The smallest absolute Gasteiger partial charge is 0.153 e. The molecule has 0 radical (unpaired) electrons. The molecule has 98 valence electrons. The highest BCUT2D eigenvalue weighted by Gasteiger charge is 2.17. The SMILES string of the molecule is CCCCN(CCBr)CCS(=O)(=O)C(C)C. The molecule has 0 saturated heterocycles. The van der Waals surface area contributed by atoms with Crippen LogP contribution in [0.5, 0.6) is 0 Å². The Morgan fingerprint density at radius 2 is 1.81 bits per heavy atom. The fraction of sp³-hybridized carbons (Fsp3) is 1.00. The molecule has 0 aromatic heterocycles. The van der Waals surface area contributed by atoms with E-state index in [1.807, 2.05) is 0 Å². The molecule has 0 saturated carbocycles. The van der Waals surface area contributed by atoms with Gasteiger partial charge in [0.2, 0.25) is 0 Å². The molecule has 0 aromatic rings. The van der Waals surface area contributed by atoms with Crippen LogP contribution in [0.3, 0.4) is 0 Å². The Balaban J connectivity index is 4.10. The van der Waals surface area contributed by atoms with Crippen LogP contribution < -0.4 is 0 Å². The van der Waals surface area contributed by atoms with Crippen LogP contribution >= 0.6 is 15.9 Å². The lowest BCUT2D eigenvalue weighted by molar-refractivity contribution is 0.302. The van der Waals surface area contributed by atoms with Crippen molar-refractivity contribution in [3.05, 3.63) is 0 Å². The summed E-state index contributed by atoms with van der Waals surface area (Å²) in [7, 11) is -2.89. The standard InChI is InChI=1S/C11H24BrNO2S/c1-4-5-7-13(8-6-12)9-10-16(14,15)11(2)3/h11H,4-10H2,1-3H3. The van der Waals surface area contributed by atoms with Crippen LogP contribution in [0.4, 0.5) is 0 Å². The zero-order chi connectivity index (χ0) is 12.6. The van der Waals surface area contributed by atoms with Crippen molar-refractivity contribution in [1.29, 1.82) is 0 Å². The third kappa shape index (κ3) is 6.86. The van der Waals surface area contributed by atoms with Gasteiger partial charge in [-0.2, -0.15) is 0 Å². The summed E-state index contributed by atoms with van der Waals surface area (Å²) in [6.07, 6.45) is 2.28. The predicted octanol–water partition coefficient (Wildman–Crippen LogP) is 2.31. The van der Waals surface area contributed by atoms with Crippen molar-refractivity contribution in [1.82, 2.24) is 4.90 Å². The number of alkyl halides is 1. The van der Waals surface area contributed by atoms with Crippen LogP contribution in [0.2, 0.25) is 0 Å². The fourth-order valence-corrected chi connectivity index (χ4v) is 2.81. The molecule has 0 spiro atoms. The van der Waals surface area contributed by atoms with Crippen LogP contribution in [-0.4, -0.2) is 49.3 Å². The molecule has 0 aliphatic heterocycles. The highest BCUT2D eigenvalue weighted by molar-refractivity contribution is 9.09. The molecule has 16 heavy (non-hydrogen) atoms. The summed E-state index contributed by atoms with van der Waals surface area (Å²) in [4.78, 5) is 2.22. The van der Waals surface area contributed by atoms with Crippen molar-refractivity contribution in [2.24, 2.45) is 0 Å². The third-order valence-corrected chi connectivity index (χ3v) is 5.18. The molecule has 0 aliphatic carbocycles. The topological polar surface area (TPSA) is 37.4 Å². The quantitative estimate of drug-likeness (QED) is 0.613. The van der Waals surface area contributed by atoms with E-state index in [0.29, 0.717) is 6.54 Å². The van der Waals surface area contributed by atoms with Gasteiger partial charge in [0.25, 0.3) is 0 Å². The maximum Gasteiger partial charge on any atom is 0.153 e. The van der Waals surface area contributed by atoms with Gasteiger partial charge in [-0.25, -0.2) is 8.42 Å². The first-order valence-corrected chi connectivity index (χ1v) is 8.77. The van der Waals surface area contributed by atoms with Crippen molar-refractivity contribution in [2.45, 2.75) is 38.9 Å². The Kier molecular flexibility index (Phi) is 8.68. The normalized spacial score (nSPS) is 12.6. The summed E-state index contributed by atoms with van der Waals surface area (Å²) in [6, 6.07) is 0. The number of sulfone groups is 1. The van der Waals surface area contributed by atoms with Crippen LogP contribution in [0.15, 0.2) is 0 Å². The summed E-state index contributed by atoms with van der Waals surface area (Å²) < 4.78 is 23.3. The number of hydrogen-bond donors (Lipinski definition) is 0.